The van der Waals surface area contributed by atoms with Gasteiger partial charge in [-0.25, -0.2) is 8.42 Å². The number of nitrogens with zero attached hydrogens (tertiary/aromatic N) is 1. The van der Waals surface area contributed by atoms with E-state index in [-0.39, 0.29) is 10.9 Å². The third-order valence-electron chi connectivity index (χ3n) is 3.12. The van der Waals surface area contributed by atoms with Gasteiger partial charge in [-0.2, -0.15) is 4.31 Å². The van der Waals surface area contributed by atoms with Crippen LogP contribution in [0.1, 0.15) is 33.3 Å². The van der Waals surface area contributed by atoms with Crippen LogP contribution in [-0.2, 0) is 16.6 Å². The van der Waals surface area contributed by atoms with Crippen molar-refractivity contribution in [1.29, 1.82) is 0 Å². The van der Waals surface area contributed by atoms with E-state index in [2.05, 4.69) is 5.32 Å². The molecule has 6 heteroatoms. The van der Waals surface area contributed by atoms with Crippen LogP contribution in [0, 0.1) is 0 Å². The number of sulfonamides is 1. The first-order chi connectivity index (χ1) is 9.16. The van der Waals surface area contributed by atoms with Gasteiger partial charge < -0.3 is 5.32 Å². The van der Waals surface area contributed by atoms with Gasteiger partial charge in [0.15, 0.2) is 0 Å². The van der Waals surface area contributed by atoms with Crippen molar-refractivity contribution < 1.29 is 8.42 Å². The summed E-state index contributed by atoms with van der Waals surface area (Å²) in [5, 5.41) is 3.81. The van der Waals surface area contributed by atoms with Crippen LogP contribution in [0.3, 0.4) is 0 Å². The molecule has 0 saturated carbocycles. The Morgan fingerprint density at radius 3 is 2.35 bits per heavy atom. The highest BCUT2D eigenvalue weighted by Gasteiger charge is 2.23. The Labute approximate surface area is 127 Å². The normalized spacial score (nSPS) is 12.7. The minimum Gasteiger partial charge on any atom is -0.310 e. The molecular formula is C14H23ClN2O2S. The predicted molar refractivity (Wildman–Crippen MR) is 83.5 cm³/mol. The van der Waals surface area contributed by atoms with Gasteiger partial charge in [0.05, 0.1) is 4.90 Å². The van der Waals surface area contributed by atoms with Crippen LogP contribution in [0.15, 0.2) is 23.1 Å². The number of benzene rings is 1. The summed E-state index contributed by atoms with van der Waals surface area (Å²) in [6.45, 7) is 8.29. The maximum atomic E-state index is 12.4. The number of nitrogens with one attached hydrogen (secondary N) is 1. The molecule has 1 aromatic rings. The first-order valence-corrected chi connectivity index (χ1v) is 8.48. The summed E-state index contributed by atoms with van der Waals surface area (Å²) in [4.78, 5) is 0.277. The maximum Gasteiger partial charge on any atom is 0.243 e. The van der Waals surface area contributed by atoms with Gasteiger partial charge in [0.2, 0.25) is 10.0 Å². The van der Waals surface area contributed by atoms with Gasteiger partial charge in [0, 0.05) is 30.7 Å². The fourth-order valence-electron chi connectivity index (χ4n) is 1.60. The lowest BCUT2D eigenvalue weighted by atomic mass is 10.2. The zero-order chi connectivity index (χ0) is 15.5. The molecule has 0 unspecified atom stereocenters. The lowest BCUT2D eigenvalue weighted by Crippen LogP contribution is -2.33. The van der Waals surface area contributed by atoms with E-state index in [1.807, 2.05) is 27.7 Å². The highest BCUT2D eigenvalue weighted by molar-refractivity contribution is 7.89. The highest BCUT2D eigenvalue weighted by atomic mass is 35.5. The number of rotatable bonds is 6. The van der Waals surface area contributed by atoms with E-state index in [1.54, 1.807) is 25.2 Å². The average Bonchev–Trinajstić information content (AvgIpc) is 2.36. The van der Waals surface area contributed by atoms with E-state index >= 15 is 0 Å². The number of hydrogen-bond donors (Lipinski definition) is 1. The van der Waals surface area contributed by atoms with Crippen molar-refractivity contribution in [2.75, 3.05) is 7.05 Å². The van der Waals surface area contributed by atoms with Crippen molar-refractivity contribution in [1.82, 2.24) is 9.62 Å². The van der Waals surface area contributed by atoms with Crippen molar-refractivity contribution in [3.8, 4) is 0 Å². The molecule has 0 amide bonds. The molecule has 4 nitrogen and oxygen atoms in total. The molecule has 114 valence electrons. The maximum absolute atomic E-state index is 12.4. The van der Waals surface area contributed by atoms with Gasteiger partial charge in [-0.3, -0.25) is 0 Å². The summed E-state index contributed by atoms with van der Waals surface area (Å²) in [6, 6.07) is 5.05. The second-order valence-electron chi connectivity index (χ2n) is 5.40. The second-order valence-corrected chi connectivity index (χ2v) is 7.81. The van der Waals surface area contributed by atoms with Gasteiger partial charge in [0.1, 0.15) is 0 Å². The fourth-order valence-corrected chi connectivity index (χ4v) is 3.21. The molecule has 0 saturated heterocycles. The Bertz CT molecular complexity index is 556. The van der Waals surface area contributed by atoms with Gasteiger partial charge in [-0.15, -0.1) is 0 Å². The topological polar surface area (TPSA) is 49.4 Å². The SMILES string of the molecule is CC(C)NCc1cc(S(=O)(=O)N(C)C(C)C)ccc1Cl. The van der Waals surface area contributed by atoms with Crippen LogP contribution in [0.25, 0.3) is 0 Å². The number of halogens is 1. The van der Waals surface area contributed by atoms with Crippen molar-refractivity contribution in [2.45, 2.75) is 51.2 Å². The molecule has 1 N–H and O–H groups in total. The zero-order valence-corrected chi connectivity index (χ0v) is 14.2. The van der Waals surface area contributed by atoms with E-state index in [4.69, 9.17) is 11.6 Å². The van der Waals surface area contributed by atoms with Gasteiger partial charge in [-0.05, 0) is 37.6 Å². The minimum atomic E-state index is -3.47. The van der Waals surface area contributed by atoms with Crippen LogP contribution in [0.5, 0.6) is 0 Å². The van der Waals surface area contributed by atoms with Crippen LogP contribution >= 0.6 is 11.6 Å². The Balaban J connectivity index is 3.12. The van der Waals surface area contributed by atoms with E-state index in [9.17, 15) is 8.42 Å². The third kappa shape index (κ3) is 4.19. The molecule has 1 rings (SSSR count). The Hall–Kier alpha value is -0.620. The van der Waals surface area contributed by atoms with Crippen LogP contribution in [0.4, 0.5) is 0 Å². The molecule has 20 heavy (non-hydrogen) atoms. The summed E-state index contributed by atoms with van der Waals surface area (Å²) < 4.78 is 26.2. The first-order valence-electron chi connectivity index (χ1n) is 6.66. The van der Waals surface area contributed by atoms with Crippen LogP contribution in [0.2, 0.25) is 5.02 Å². The Kier molecular flexibility index (Phi) is 6.01. The molecule has 0 aliphatic heterocycles. The van der Waals surface area contributed by atoms with Crippen molar-refractivity contribution in [3.63, 3.8) is 0 Å². The molecule has 0 fully saturated rings. The molecule has 0 aliphatic rings. The van der Waals surface area contributed by atoms with Crippen molar-refractivity contribution in [2.24, 2.45) is 0 Å². The smallest absolute Gasteiger partial charge is 0.243 e. The van der Waals surface area contributed by atoms with Crippen LogP contribution < -0.4 is 5.32 Å². The van der Waals surface area contributed by atoms with Crippen molar-refractivity contribution in [3.05, 3.63) is 28.8 Å². The molecule has 0 bridgehead atoms. The average molecular weight is 319 g/mol. The van der Waals surface area contributed by atoms with Crippen molar-refractivity contribution >= 4 is 21.6 Å². The van der Waals surface area contributed by atoms with Gasteiger partial charge >= 0.3 is 0 Å². The van der Waals surface area contributed by atoms with Crippen LogP contribution in [-0.4, -0.2) is 31.9 Å². The monoisotopic (exact) mass is 318 g/mol. The molecule has 0 aliphatic carbocycles. The summed E-state index contributed by atoms with van der Waals surface area (Å²) in [7, 11) is -1.89. The van der Waals surface area contributed by atoms with Gasteiger partial charge in [0.25, 0.3) is 0 Å². The highest BCUT2D eigenvalue weighted by Crippen LogP contribution is 2.23. The molecule has 0 aromatic heterocycles. The fraction of sp³-hybridized carbons (Fsp3) is 0.571. The first kappa shape index (κ1) is 17.4. The molecule has 0 atom stereocenters. The summed E-state index contributed by atoms with van der Waals surface area (Å²) in [5.74, 6) is 0. The standard InChI is InChI=1S/C14H23ClN2O2S/c1-10(2)16-9-12-8-13(6-7-14(12)15)20(18,19)17(5)11(3)4/h6-8,10-11,16H,9H2,1-5H3. The minimum absolute atomic E-state index is 0.0899. The molecule has 1 aromatic carbocycles. The van der Waals surface area contributed by atoms with E-state index in [0.717, 1.165) is 5.56 Å². The van der Waals surface area contributed by atoms with Gasteiger partial charge in [-0.1, -0.05) is 25.4 Å². The molecular weight excluding hydrogens is 296 g/mol. The van der Waals surface area contributed by atoms with E-state index < -0.39 is 10.0 Å². The molecule has 0 spiro atoms. The predicted octanol–water partition coefficient (Wildman–Crippen LogP) is 2.87. The molecule has 0 heterocycles. The largest absolute Gasteiger partial charge is 0.310 e. The van der Waals surface area contributed by atoms with E-state index in [1.165, 1.54) is 4.31 Å². The Morgan fingerprint density at radius 1 is 1.25 bits per heavy atom. The van der Waals surface area contributed by atoms with E-state index in [0.29, 0.717) is 17.6 Å². The zero-order valence-electron chi connectivity index (χ0n) is 12.6. The lowest BCUT2D eigenvalue weighted by Gasteiger charge is -2.21. The number of hydrogen-bond acceptors (Lipinski definition) is 3. The Morgan fingerprint density at radius 2 is 1.85 bits per heavy atom. The summed E-state index contributed by atoms with van der Waals surface area (Å²) in [6.07, 6.45) is 0. The second kappa shape index (κ2) is 6.89. The third-order valence-corrected chi connectivity index (χ3v) is 5.52. The molecule has 0 radical (unpaired) electrons. The quantitative estimate of drug-likeness (QED) is 0.877. The summed E-state index contributed by atoms with van der Waals surface area (Å²) in [5.41, 5.74) is 0.790. The lowest BCUT2D eigenvalue weighted by molar-refractivity contribution is 0.410. The summed E-state index contributed by atoms with van der Waals surface area (Å²) >= 11 is 6.12.